The minimum Gasteiger partial charge on any atom is -0.382 e. The molecule has 0 bridgehead atoms. The molecule has 0 radical (unpaired) electrons. The molecule has 1 N–H and O–H groups in total. The van der Waals surface area contributed by atoms with E-state index in [0.717, 1.165) is 0 Å². The molecule has 0 aliphatic heterocycles. The Morgan fingerprint density at radius 1 is 1.12 bits per heavy atom. The maximum absolute atomic E-state index is 3.72. The Balaban J connectivity index is 2.05. The van der Waals surface area contributed by atoms with Crippen LogP contribution in [0.4, 0.5) is 5.69 Å². The normalized spacial score (nSPS) is 23.4. The standard InChI is InChI=1S/C16H25N/c1-12-8-13(2)10-15(9-12)17-14-6-5-7-16(3,4)11-14/h8-10,14,17H,5-7,11H2,1-4H3. The first-order valence-electron chi connectivity index (χ1n) is 6.79. The number of nitrogens with one attached hydrogen (secondary N) is 1. The molecule has 1 saturated carbocycles. The first kappa shape index (κ1) is 12.5. The van der Waals surface area contributed by atoms with Gasteiger partial charge in [-0.05, 0) is 61.8 Å². The number of benzene rings is 1. The molecule has 0 saturated heterocycles. The SMILES string of the molecule is Cc1cc(C)cc(NC2CCCC(C)(C)C2)c1. The van der Waals surface area contributed by atoms with E-state index in [2.05, 4.69) is 51.2 Å². The van der Waals surface area contributed by atoms with Crippen molar-refractivity contribution in [2.45, 2.75) is 59.4 Å². The summed E-state index contributed by atoms with van der Waals surface area (Å²) in [7, 11) is 0. The summed E-state index contributed by atoms with van der Waals surface area (Å²) in [6.45, 7) is 9.12. The van der Waals surface area contributed by atoms with Gasteiger partial charge in [0.15, 0.2) is 0 Å². The Morgan fingerprint density at radius 2 is 1.76 bits per heavy atom. The van der Waals surface area contributed by atoms with Gasteiger partial charge in [0, 0.05) is 11.7 Å². The fourth-order valence-corrected chi connectivity index (χ4v) is 3.12. The molecule has 1 heteroatoms. The molecule has 0 spiro atoms. The zero-order valence-electron chi connectivity index (χ0n) is 11.6. The Hall–Kier alpha value is -0.980. The van der Waals surface area contributed by atoms with E-state index in [1.54, 1.807) is 0 Å². The van der Waals surface area contributed by atoms with Crippen LogP contribution in [0.1, 0.15) is 50.7 Å². The molecular weight excluding hydrogens is 206 g/mol. The number of rotatable bonds is 2. The summed E-state index contributed by atoms with van der Waals surface area (Å²) in [5, 5.41) is 3.72. The molecule has 1 nitrogen and oxygen atoms in total. The molecule has 0 aromatic heterocycles. The van der Waals surface area contributed by atoms with Crippen LogP contribution in [0.3, 0.4) is 0 Å². The molecular formula is C16H25N. The van der Waals surface area contributed by atoms with E-state index in [0.29, 0.717) is 11.5 Å². The van der Waals surface area contributed by atoms with E-state index in [9.17, 15) is 0 Å². The molecule has 1 aromatic carbocycles. The third kappa shape index (κ3) is 3.49. The minimum absolute atomic E-state index is 0.509. The molecule has 2 rings (SSSR count). The highest BCUT2D eigenvalue weighted by Gasteiger charge is 2.27. The van der Waals surface area contributed by atoms with Crippen LogP contribution in [0, 0.1) is 19.3 Å². The van der Waals surface area contributed by atoms with Crippen molar-refractivity contribution in [3.05, 3.63) is 29.3 Å². The quantitative estimate of drug-likeness (QED) is 0.779. The lowest BCUT2D eigenvalue weighted by molar-refractivity contribution is 0.229. The van der Waals surface area contributed by atoms with Crippen molar-refractivity contribution in [1.82, 2.24) is 0 Å². The molecule has 0 amide bonds. The van der Waals surface area contributed by atoms with Crippen molar-refractivity contribution in [2.75, 3.05) is 5.32 Å². The van der Waals surface area contributed by atoms with Gasteiger partial charge >= 0.3 is 0 Å². The zero-order chi connectivity index (χ0) is 12.5. The molecule has 1 atom stereocenters. The number of aryl methyl sites for hydroxylation is 2. The lowest BCUT2D eigenvalue weighted by Crippen LogP contribution is -2.31. The lowest BCUT2D eigenvalue weighted by Gasteiger charge is -2.36. The Kier molecular flexibility index (Phi) is 3.46. The molecule has 1 fully saturated rings. The highest BCUT2D eigenvalue weighted by atomic mass is 14.9. The molecule has 1 aliphatic carbocycles. The van der Waals surface area contributed by atoms with Crippen molar-refractivity contribution < 1.29 is 0 Å². The summed E-state index contributed by atoms with van der Waals surface area (Å²) in [5.41, 5.74) is 4.50. The Morgan fingerprint density at radius 3 is 2.35 bits per heavy atom. The predicted octanol–water partition coefficient (Wildman–Crippen LogP) is 4.68. The Labute approximate surface area is 106 Å². The van der Waals surface area contributed by atoms with Gasteiger partial charge in [-0.3, -0.25) is 0 Å². The van der Waals surface area contributed by atoms with Crippen molar-refractivity contribution in [1.29, 1.82) is 0 Å². The second-order valence-corrected chi connectivity index (χ2v) is 6.48. The third-order valence-electron chi connectivity index (χ3n) is 3.80. The predicted molar refractivity (Wildman–Crippen MR) is 75.6 cm³/mol. The fraction of sp³-hybridized carbons (Fsp3) is 0.625. The zero-order valence-corrected chi connectivity index (χ0v) is 11.6. The summed E-state index contributed by atoms with van der Waals surface area (Å²) in [6, 6.07) is 7.40. The van der Waals surface area contributed by atoms with Gasteiger partial charge in [-0.25, -0.2) is 0 Å². The van der Waals surface area contributed by atoms with E-state index in [4.69, 9.17) is 0 Å². The average molecular weight is 231 g/mol. The fourth-order valence-electron chi connectivity index (χ4n) is 3.12. The molecule has 94 valence electrons. The van der Waals surface area contributed by atoms with E-state index >= 15 is 0 Å². The Bertz CT molecular complexity index is 372. The third-order valence-corrected chi connectivity index (χ3v) is 3.80. The highest BCUT2D eigenvalue weighted by molar-refractivity contribution is 5.49. The smallest absolute Gasteiger partial charge is 0.0347 e. The van der Waals surface area contributed by atoms with Gasteiger partial charge in [0.05, 0.1) is 0 Å². The van der Waals surface area contributed by atoms with Gasteiger partial charge in [-0.1, -0.05) is 26.3 Å². The summed E-state index contributed by atoms with van der Waals surface area (Å²) >= 11 is 0. The summed E-state index contributed by atoms with van der Waals surface area (Å²) < 4.78 is 0. The second kappa shape index (κ2) is 4.72. The molecule has 1 aromatic rings. The van der Waals surface area contributed by atoms with E-state index < -0.39 is 0 Å². The van der Waals surface area contributed by atoms with Crippen molar-refractivity contribution >= 4 is 5.69 Å². The second-order valence-electron chi connectivity index (χ2n) is 6.48. The number of hydrogen-bond acceptors (Lipinski definition) is 1. The van der Waals surface area contributed by atoms with Gasteiger partial charge in [-0.15, -0.1) is 0 Å². The van der Waals surface area contributed by atoms with Crippen LogP contribution < -0.4 is 5.32 Å². The molecule has 17 heavy (non-hydrogen) atoms. The summed E-state index contributed by atoms with van der Waals surface area (Å²) in [6.07, 6.45) is 5.34. The highest BCUT2D eigenvalue weighted by Crippen LogP contribution is 2.36. The molecule has 0 heterocycles. The van der Waals surface area contributed by atoms with Crippen LogP contribution in [0.25, 0.3) is 0 Å². The number of hydrogen-bond donors (Lipinski definition) is 1. The summed E-state index contributed by atoms with van der Waals surface area (Å²) in [5.74, 6) is 0. The molecule has 1 unspecified atom stereocenters. The lowest BCUT2D eigenvalue weighted by atomic mass is 9.75. The minimum atomic E-state index is 0.509. The van der Waals surface area contributed by atoms with Crippen LogP contribution in [0.5, 0.6) is 0 Å². The molecule has 1 aliphatic rings. The van der Waals surface area contributed by atoms with Crippen molar-refractivity contribution in [3.8, 4) is 0 Å². The largest absolute Gasteiger partial charge is 0.382 e. The first-order valence-corrected chi connectivity index (χ1v) is 6.79. The first-order chi connectivity index (χ1) is 7.94. The van der Waals surface area contributed by atoms with Crippen LogP contribution in [-0.4, -0.2) is 6.04 Å². The van der Waals surface area contributed by atoms with Crippen LogP contribution >= 0.6 is 0 Å². The monoisotopic (exact) mass is 231 g/mol. The van der Waals surface area contributed by atoms with Gasteiger partial charge < -0.3 is 5.32 Å². The number of anilines is 1. The van der Waals surface area contributed by atoms with Crippen LogP contribution in [-0.2, 0) is 0 Å². The maximum atomic E-state index is 3.72. The van der Waals surface area contributed by atoms with Crippen LogP contribution in [0.2, 0.25) is 0 Å². The van der Waals surface area contributed by atoms with E-state index in [-0.39, 0.29) is 0 Å². The van der Waals surface area contributed by atoms with Crippen LogP contribution in [0.15, 0.2) is 18.2 Å². The summed E-state index contributed by atoms with van der Waals surface area (Å²) in [4.78, 5) is 0. The topological polar surface area (TPSA) is 12.0 Å². The van der Waals surface area contributed by atoms with Gasteiger partial charge in [0.2, 0.25) is 0 Å². The van der Waals surface area contributed by atoms with Crippen molar-refractivity contribution in [3.63, 3.8) is 0 Å². The van der Waals surface area contributed by atoms with Gasteiger partial charge in [-0.2, -0.15) is 0 Å². The van der Waals surface area contributed by atoms with E-state index in [1.165, 1.54) is 42.5 Å². The van der Waals surface area contributed by atoms with Crippen molar-refractivity contribution in [2.24, 2.45) is 5.41 Å². The van der Waals surface area contributed by atoms with Gasteiger partial charge in [0.25, 0.3) is 0 Å². The van der Waals surface area contributed by atoms with Gasteiger partial charge in [0.1, 0.15) is 0 Å². The maximum Gasteiger partial charge on any atom is 0.0347 e. The average Bonchev–Trinajstić information content (AvgIpc) is 2.13. The van der Waals surface area contributed by atoms with E-state index in [1.807, 2.05) is 0 Å².